The van der Waals surface area contributed by atoms with Crippen LogP contribution >= 0.6 is 0 Å². The van der Waals surface area contributed by atoms with E-state index in [4.69, 9.17) is 47.4 Å². The van der Waals surface area contributed by atoms with Gasteiger partial charge in [-0.05, 0) is 62.1 Å². The molecule has 0 unspecified atom stereocenters. The minimum absolute atomic E-state index is 0. The van der Waals surface area contributed by atoms with Crippen molar-refractivity contribution in [1.82, 2.24) is 10.6 Å². The standard InChI is InChI=1S/C39H59N2O13.Fm/c1-31-28-34(10-11-35(31)33-8-6-32(7-9-33)29-36(41-30-42)37(43)45-5)53-27-26-52-25-24-51-23-22-50-21-20-49-19-18-48-17-16-47-15-14-46-13-12-40-38(44)54-39(2,3)4;/h6-11,28,36H,12-27,29H2,1-5H3,(H,40,44)(H,41,42);/q-1;/t36-;/m0./s1. The van der Waals surface area contributed by atoms with E-state index in [9.17, 15) is 14.4 Å². The van der Waals surface area contributed by atoms with E-state index in [1.54, 1.807) is 6.41 Å². The van der Waals surface area contributed by atoms with Crippen LogP contribution in [0.3, 0.4) is 0 Å². The Kier molecular flexibility index (Phi) is 25.9. The SMILES string of the molecule is COC(=O)[C@H](Cc1ccc(-c2ccc(OCCOCCOCCOCCOCCOCCOCCOCCNC(=O)OC(C)(C)C)cc2C)cc1)N[C-]=O.[Fm]. The second-order valence-corrected chi connectivity index (χ2v) is 12.8. The zero-order valence-electron chi connectivity index (χ0n) is 32.7. The number of alkyl carbamates (subject to hydrolysis) is 1. The summed E-state index contributed by atoms with van der Waals surface area (Å²) in [6, 6.07) is 12.9. The van der Waals surface area contributed by atoms with Gasteiger partial charge in [-0.1, -0.05) is 30.3 Å². The Morgan fingerprint density at radius 3 is 1.60 bits per heavy atom. The van der Waals surface area contributed by atoms with Crippen LogP contribution in [0.4, 0.5) is 4.79 Å². The van der Waals surface area contributed by atoms with Gasteiger partial charge >= 0.3 is 12.1 Å². The molecule has 0 aliphatic rings. The van der Waals surface area contributed by atoms with Crippen LogP contribution in [0, 0.1) is 6.92 Å². The average Bonchev–Trinajstić information content (AvgIpc) is 3.14. The van der Waals surface area contributed by atoms with Gasteiger partial charge in [-0.3, -0.25) is 0 Å². The third-order valence-corrected chi connectivity index (χ3v) is 7.26. The summed E-state index contributed by atoms with van der Waals surface area (Å²) in [6.45, 7) is 14.6. The zero-order chi connectivity index (χ0) is 39.3. The molecule has 2 aromatic rings. The Bertz CT molecular complexity index is 1310. The number of carbonyl (C=O) groups is 2. The molecule has 0 bridgehead atoms. The van der Waals surface area contributed by atoms with Gasteiger partial charge < -0.3 is 62.8 Å². The molecule has 316 valence electrons. The van der Waals surface area contributed by atoms with Crippen LogP contribution in [-0.2, 0) is 58.6 Å². The van der Waals surface area contributed by atoms with Gasteiger partial charge in [-0.25, -0.2) is 9.59 Å². The minimum atomic E-state index is -0.782. The Balaban J connectivity index is 0.0000151. The van der Waals surface area contributed by atoms with E-state index in [1.165, 1.54) is 7.11 Å². The molecule has 16 heteroatoms. The van der Waals surface area contributed by atoms with E-state index in [0.717, 1.165) is 28.0 Å². The van der Waals surface area contributed by atoms with Crippen LogP contribution in [0.25, 0.3) is 11.1 Å². The molecule has 2 aromatic carbocycles. The van der Waals surface area contributed by atoms with Gasteiger partial charge in [0.15, 0.2) is 0 Å². The second kappa shape index (κ2) is 29.5. The molecule has 0 aliphatic heterocycles. The molecule has 1 atom stereocenters. The first kappa shape index (κ1) is 48.2. The molecule has 0 radical (unpaired) electrons. The van der Waals surface area contributed by atoms with E-state index in [1.807, 2.05) is 70.2 Å². The van der Waals surface area contributed by atoms with Crippen molar-refractivity contribution >= 4 is 18.5 Å². The Hall–Kier alpha value is -4.83. The summed E-state index contributed by atoms with van der Waals surface area (Å²) in [5.74, 6) is 0.238. The van der Waals surface area contributed by atoms with Gasteiger partial charge in [0, 0.05) is 13.0 Å². The largest absolute Gasteiger partial charge is 0.520 e. The summed E-state index contributed by atoms with van der Waals surface area (Å²) >= 11 is 0. The minimum Gasteiger partial charge on any atom is -0.520 e. The van der Waals surface area contributed by atoms with Crippen molar-refractivity contribution < 1.29 is 61.8 Å². The molecule has 0 saturated carbocycles. The number of aryl methyl sites for hydroxylation is 1. The monoisotopic (exact) mass is 1020 g/mol. The molecule has 0 saturated heterocycles. The van der Waals surface area contributed by atoms with Crippen LogP contribution < -0.4 is 15.4 Å². The van der Waals surface area contributed by atoms with E-state index < -0.39 is 23.7 Å². The van der Waals surface area contributed by atoms with Crippen molar-refractivity contribution in [2.24, 2.45) is 0 Å². The fraction of sp³-hybridized carbons (Fsp3) is 0.615. The van der Waals surface area contributed by atoms with E-state index in [0.29, 0.717) is 112 Å². The fourth-order valence-electron chi connectivity index (χ4n) is 4.69. The number of nitrogens with one attached hydrogen (secondary N) is 2. The molecule has 2 amide bonds. The van der Waals surface area contributed by atoms with Crippen molar-refractivity contribution in [3.63, 3.8) is 0 Å². The number of amides is 2. The van der Waals surface area contributed by atoms with Gasteiger partial charge in [-0.2, -0.15) is 6.41 Å². The molecule has 0 aromatic heterocycles. The summed E-state index contributed by atoms with van der Waals surface area (Å²) in [7, 11) is 1.28. The molecule has 0 spiro atoms. The predicted molar refractivity (Wildman–Crippen MR) is 200 cm³/mol. The van der Waals surface area contributed by atoms with Gasteiger partial charge in [-0.15, -0.1) is 0 Å². The van der Waals surface area contributed by atoms with Gasteiger partial charge in [0.1, 0.15) is 24.0 Å². The van der Waals surface area contributed by atoms with Crippen LogP contribution in [0.1, 0.15) is 31.9 Å². The number of ether oxygens (including phenoxy) is 10. The summed E-state index contributed by atoms with van der Waals surface area (Å²) in [6.07, 6.45) is 1.41. The van der Waals surface area contributed by atoms with Crippen LogP contribution in [-0.4, -0.2) is 143 Å². The summed E-state index contributed by atoms with van der Waals surface area (Å²) in [5.41, 5.74) is 3.52. The second-order valence-electron chi connectivity index (χ2n) is 12.8. The van der Waals surface area contributed by atoms with Crippen molar-refractivity contribution in [1.29, 1.82) is 0 Å². The van der Waals surface area contributed by atoms with Crippen molar-refractivity contribution in [2.45, 2.75) is 45.8 Å². The predicted octanol–water partition coefficient (Wildman–Crippen LogP) is 3.42. The Morgan fingerprint density at radius 2 is 1.16 bits per heavy atom. The molecule has 55 heavy (non-hydrogen) atoms. The maximum atomic E-state index is 11.9. The third-order valence-electron chi connectivity index (χ3n) is 7.26. The maximum Gasteiger partial charge on any atom is 0.407 e. The normalized spacial score (nSPS) is 11.7. The number of rotatable bonds is 31. The van der Waals surface area contributed by atoms with Crippen molar-refractivity contribution in [3.8, 4) is 16.9 Å². The Morgan fingerprint density at radius 1 is 0.691 bits per heavy atom. The smallest absolute Gasteiger partial charge is 0.407 e. The van der Waals surface area contributed by atoms with Crippen molar-refractivity contribution in [2.75, 3.05) is 113 Å². The van der Waals surface area contributed by atoms with Crippen LogP contribution in [0.2, 0.25) is 0 Å². The van der Waals surface area contributed by atoms with Gasteiger partial charge in [0.25, 0.3) is 0 Å². The number of esters is 1. The number of hydrogen-bond donors (Lipinski definition) is 2. The average molecular weight is 1020 g/mol. The summed E-state index contributed by atoms with van der Waals surface area (Å²) in [4.78, 5) is 34.1. The first-order chi connectivity index (χ1) is 26.1. The molecule has 0 heterocycles. The molecule has 15 nitrogen and oxygen atoms in total. The first-order valence-corrected chi connectivity index (χ1v) is 18.2. The summed E-state index contributed by atoms with van der Waals surface area (Å²) in [5, 5.41) is 5.00. The van der Waals surface area contributed by atoms with Crippen molar-refractivity contribution in [3.05, 3.63) is 53.6 Å². The quantitative estimate of drug-likeness (QED) is 0.0489. The maximum absolute atomic E-state index is 11.9. The molecular weight excluding hydrogens is 961 g/mol. The van der Waals surface area contributed by atoms with E-state index in [2.05, 4.69) is 10.6 Å². The van der Waals surface area contributed by atoms with Crippen LogP contribution in [0.15, 0.2) is 42.5 Å². The van der Waals surface area contributed by atoms with Gasteiger partial charge in [0.2, 0.25) is 0 Å². The number of methoxy groups -OCH3 is 1. The zero-order valence-corrected chi connectivity index (χ0v) is 35.1. The molecule has 0 fully saturated rings. The number of benzene rings is 2. The third kappa shape index (κ3) is 23.5. The number of hydrogen-bond acceptors (Lipinski definition) is 13. The molecule has 2 N–H and O–H groups in total. The summed E-state index contributed by atoms with van der Waals surface area (Å²) < 4.78 is 54.2. The molecular formula is C39H59FmN2O13-. The topological polar surface area (TPSA) is 168 Å². The molecule has 2 rings (SSSR count). The van der Waals surface area contributed by atoms with Gasteiger partial charge in [0.05, 0.1) is 99.6 Å². The Labute approximate surface area is 319 Å². The number of carbonyl (C=O) groups excluding carboxylic acids is 3. The fourth-order valence-corrected chi connectivity index (χ4v) is 4.69. The first-order valence-electron chi connectivity index (χ1n) is 18.2. The molecule has 0 aliphatic carbocycles. The van der Waals surface area contributed by atoms with E-state index >= 15 is 0 Å². The van der Waals surface area contributed by atoms with Crippen LogP contribution in [0.5, 0.6) is 5.75 Å². The van der Waals surface area contributed by atoms with E-state index in [-0.39, 0.29) is 0 Å².